The van der Waals surface area contributed by atoms with Crippen LogP contribution in [-0.4, -0.2) is 12.2 Å². The van der Waals surface area contributed by atoms with E-state index >= 15 is 0 Å². The molecule has 1 saturated heterocycles. The number of hydrogen-bond acceptors (Lipinski definition) is 1. The molecule has 1 aliphatic heterocycles. The van der Waals surface area contributed by atoms with Gasteiger partial charge < -0.3 is 4.74 Å². The largest absolute Gasteiger partial charge is 0.370 e. The first-order chi connectivity index (χ1) is 5.82. The molecule has 0 amide bonds. The number of rotatable bonds is 0. The number of hydrogen-bond donors (Lipinski definition) is 0. The Labute approximate surface area is 82.2 Å². The van der Waals surface area contributed by atoms with E-state index in [1.54, 1.807) is 0 Å². The molecule has 76 valence electrons. The smallest absolute Gasteiger partial charge is 0.0836 e. The molecule has 0 aliphatic carbocycles. The molecule has 0 aromatic rings. The number of ether oxygens (including phenoxy) is 1. The molecule has 1 heterocycles. The third-order valence-corrected chi connectivity index (χ3v) is 2.81. The second-order valence-electron chi connectivity index (χ2n) is 5.40. The Morgan fingerprint density at radius 1 is 1.31 bits per heavy atom. The van der Waals surface area contributed by atoms with E-state index in [4.69, 9.17) is 4.74 Å². The molecule has 1 fully saturated rings. The Hall–Kier alpha value is -0.300. The van der Waals surface area contributed by atoms with Gasteiger partial charge in [0.2, 0.25) is 0 Å². The maximum atomic E-state index is 5.93. The van der Waals surface area contributed by atoms with Crippen molar-refractivity contribution in [2.24, 2.45) is 11.3 Å². The van der Waals surface area contributed by atoms with Crippen LogP contribution < -0.4 is 0 Å². The van der Waals surface area contributed by atoms with Crippen molar-refractivity contribution in [1.82, 2.24) is 0 Å². The van der Waals surface area contributed by atoms with Crippen LogP contribution in [0.2, 0.25) is 0 Å². The lowest BCUT2D eigenvalue weighted by molar-refractivity contribution is -0.0704. The molecule has 3 atom stereocenters. The van der Waals surface area contributed by atoms with Crippen molar-refractivity contribution >= 4 is 0 Å². The van der Waals surface area contributed by atoms with E-state index in [2.05, 4.69) is 41.2 Å². The topological polar surface area (TPSA) is 9.23 Å². The summed E-state index contributed by atoms with van der Waals surface area (Å²) >= 11 is 0. The quantitative estimate of drug-likeness (QED) is 0.522. The van der Waals surface area contributed by atoms with Crippen LogP contribution in [0.1, 0.15) is 41.0 Å². The van der Waals surface area contributed by atoms with Crippen molar-refractivity contribution in [2.75, 3.05) is 0 Å². The highest BCUT2D eigenvalue weighted by Gasteiger charge is 2.35. The van der Waals surface area contributed by atoms with Gasteiger partial charge in [-0.05, 0) is 30.3 Å². The minimum atomic E-state index is 0.181. The average Bonchev–Trinajstić information content (AvgIpc) is 1.94. The molecule has 1 aliphatic rings. The Morgan fingerprint density at radius 3 is 2.31 bits per heavy atom. The maximum absolute atomic E-state index is 5.93. The van der Waals surface area contributed by atoms with E-state index in [0.717, 1.165) is 6.42 Å². The summed E-state index contributed by atoms with van der Waals surface area (Å²) in [6.07, 6.45) is 1.72. The standard InChI is InChI=1S/C12H22O/c1-8-7-9(2)13-11(10(8)3)12(4,5)6/h8-9,11H,3,7H2,1-2,4-6H3/t8-,9+,11+/m1/s1. The Morgan fingerprint density at radius 2 is 1.85 bits per heavy atom. The molecule has 13 heavy (non-hydrogen) atoms. The first-order valence-electron chi connectivity index (χ1n) is 5.16. The fourth-order valence-electron chi connectivity index (χ4n) is 2.04. The van der Waals surface area contributed by atoms with E-state index in [0.29, 0.717) is 12.0 Å². The van der Waals surface area contributed by atoms with E-state index in [1.807, 2.05) is 0 Å². The monoisotopic (exact) mass is 182 g/mol. The van der Waals surface area contributed by atoms with Gasteiger partial charge in [-0.2, -0.15) is 0 Å². The van der Waals surface area contributed by atoms with Crippen molar-refractivity contribution in [3.8, 4) is 0 Å². The van der Waals surface area contributed by atoms with E-state index < -0.39 is 0 Å². The molecule has 0 aromatic carbocycles. The van der Waals surface area contributed by atoms with Gasteiger partial charge in [-0.3, -0.25) is 0 Å². The highest BCUT2D eigenvalue weighted by Crippen LogP contribution is 2.37. The van der Waals surface area contributed by atoms with E-state index in [9.17, 15) is 0 Å². The summed E-state index contributed by atoms with van der Waals surface area (Å²) in [6, 6.07) is 0. The van der Waals surface area contributed by atoms with Gasteiger partial charge in [0.25, 0.3) is 0 Å². The van der Waals surface area contributed by atoms with Crippen LogP contribution in [0.3, 0.4) is 0 Å². The molecule has 1 rings (SSSR count). The summed E-state index contributed by atoms with van der Waals surface area (Å²) in [4.78, 5) is 0. The maximum Gasteiger partial charge on any atom is 0.0836 e. The highest BCUT2D eigenvalue weighted by molar-refractivity contribution is 5.13. The van der Waals surface area contributed by atoms with Crippen LogP contribution >= 0.6 is 0 Å². The van der Waals surface area contributed by atoms with Gasteiger partial charge in [-0.1, -0.05) is 34.3 Å². The zero-order chi connectivity index (χ0) is 10.2. The van der Waals surface area contributed by atoms with Gasteiger partial charge in [0, 0.05) is 0 Å². The fraction of sp³-hybridized carbons (Fsp3) is 0.833. The summed E-state index contributed by atoms with van der Waals surface area (Å²) in [6.45, 7) is 15.2. The van der Waals surface area contributed by atoms with Crippen LogP contribution in [0, 0.1) is 11.3 Å². The lowest BCUT2D eigenvalue weighted by atomic mass is 9.77. The van der Waals surface area contributed by atoms with E-state index in [-0.39, 0.29) is 11.5 Å². The van der Waals surface area contributed by atoms with Crippen LogP contribution in [0.4, 0.5) is 0 Å². The summed E-state index contributed by atoms with van der Waals surface area (Å²) in [7, 11) is 0. The molecule has 0 bridgehead atoms. The average molecular weight is 182 g/mol. The summed E-state index contributed by atoms with van der Waals surface area (Å²) in [5.41, 5.74) is 1.45. The third kappa shape index (κ3) is 2.34. The normalized spacial score (nSPS) is 36.4. The van der Waals surface area contributed by atoms with Gasteiger partial charge in [-0.15, -0.1) is 0 Å². The molecule has 0 aromatic heterocycles. The molecule has 0 saturated carbocycles. The van der Waals surface area contributed by atoms with Gasteiger partial charge in [0.15, 0.2) is 0 Å². The van der Waals surface area contributed by atoms with Gasteiger partial charge in [0.1, 0.15) is 0 Å². The minimum Gasteiger partial charge on any atom is -0.370 e. The summed E-state index contributed by atoms with van der Waals surface area (Å²) in [5, 5.41) is 0. The zero-order valence-corrected chi connectivity index (χ0v) is 9.55. The molecule has 0 unspecified atom stereocenters. The fourth-order valence-corrected chi connectivity index (χ4v) is 2.04. The molecule has 1 heteroatoms. The predicted octanol–water partition coefficient (Wildman–Crippen LogP) is 3.40. The van der Waals surface area contributed by atoms with Crippen LogP contribution in [-0.2, 0) is 4.74 Å². The van der Waals surface area contributed by atoms with Gasteiger partial charge >= 0.3 is 0 Å². The van der Waals surface area contributed by atoms with E-state index in [1.165, 1.54) is 5.57 Å². The van der Waals surface area contributed by atoms with Gasteiger partial charge in [0.05, 0.1) is 12.2 Å². The minimum absolute atomic E-state index is 0.181. The molecular formula is C12H22O. The second kappa shape index (κ2) is 3.45. The summed E-state index contributed by atoms with van der Waals surface area (Å²) in [5.74, 6) is 0.605. The first kappa shape index (κ1) is 10.8. The van der Waals surface area contributed by atoms with Crippen LogP contribution in [0.15, 0.2) is 12.2 Å². The van der Waals surface area contributed by atoms with Crippen molar-refractivity contribution in [2.45, 2.75) is 53.2 Å². The summed E-state index contributed by atoms with van der Waals surface area (Å²) < 4.78 is 5.93. The van der Waals surface area contributed by atoms with Crippen molar-refractivity contribution < 1.29 is 4.74 Å². The van der Waals surface area contributed by atoms with Crippen LogP contribution in [0.25, 0.3) is 0 Å². The molecule has 0 N–H and O–H groups in total. The molecule has 0 spiro atoms. The molecular weight excluding hydrogens is 160 g/mol. The zero-order valence-electron chi connectivity index (χ0n) is 9.55. The Kier molecular flexibility index (Phi) is 2.86. The van der Waals surface area contributed by atoms with Crippen molar-refractivity contribution in [3.05, 3.63) is 12.2 Å². The SMILES string of the molecule is C=C1[C@H](C)C[C@H](C)O[C@@H]1C(C)(C)C. The Balaban J connectivity index is 2.78. The van der Waals surface area contributed by atoms with Crippen molar-refractivity contribution in [1.29, 1.82) is 0 Å². The lowest BCUT2D eigenvalue weighted by Crippen LogP contribution is -2.40. The van der Waals surface area contributed by atoms with Gasteiger partial charge in [-0.25, -0.2) is 0 Å². The molecule has 1 nitrogen and oxygen atoms in total. The second-order valence-corrected chi connectivity index (χ2v) is 5.40. The Bertz CT molecular complexity index is 200. The lowest BCUT2D eigenvalue weighted by Gasteiger charge is -2.41. The first-order valence-corrected chi connectivity index (χ1v) is 5.16. The highest BCUT2D eigenvalue weighted by atomic mass is 16.5. The van der Waals surface area contributed by atoms with Crippen molar-refractivity contribution in [3.63, 3.8) is 0 Å². The van der Waals surface area contributed by atoms with Crippen LogP contribution in [0.5, 0.6) is 0 Å². The third-order valence-electron chi connectivity index (χ3n) is 2.81. The predicted molar refractivity (Wildman–Crippen MR) is 56.7 cm³/mol. The molecule has 0 radical (unpaired) electrons.